The summed E-state index contributed by atoms with van der Waals surface area (Å²) in [6.45, 7) is 5.08. The number of aryl methyl sites for hydroxylation is 1. The number of ether oxygens (including phenoxy) is 1. The minimum atomic E-state index is -0.294. The number of esters is 1. The fourth-order valence-electron chi connectivity index (χ4n) is 2.56. The Morgan fingerprint density at radius 2 is 1.82 bits per heavy atom. The van der Waals surface area contributed by atoms with Crippen LogP contribution in [0.4, 0.5) is 0 Å². The highest BCUT2D eigenvalue weighted by atomic mass is 16.5. The Morgan fingerprint density at radius 3 is 2.50 bits per heavy atom. The van der Waals surface area contributed by atoms with E-state index in [0.717, 1.165) is 28.7 Å². The van der Waals surface area contributed by atoms with Crippen LogP contribution >= 0.6 is 0 Å². The predicted octanol–water partition coefficient (Wildman–Crippen LogP) is 3.90. The molecule has 0 aliphatic heterocycles. The van der Waals surface area contributed by atoms with Gasteiger partial charge in [0.2, 0.25) is 0 Å². The highest BCUT2D eigenvalue weighted by Crippen LogP contribution is 2.28. The van der Waals surface area contributed by atoms with Gasteiger partial charge in [-0.05, 0) is 32.0 Å². The van der Waals surface area contributed by atoms with Gasteiger partial charge in [-0.15, -0.1) is 0 Å². The van der Waals surface area contributed by atoms with Crippen molar-refractivity contribution in [2.75, 3.05) is 6.61 Å². The molecule has 0 N–H and O–H groups in total. The quantitative estimate of drug-likeness (QED) is 0.685. The Morgan fingerprint density at radius 1 is 1.09 bits per heavy atom. The third-order valence-electron chi connectivity index (χ3n) is 3.63. The van der Waals surface area contributed by atoms with Crippen molar-refractivity contribution in [3.8, 4) is 11.3 Å². The molecule has 1 heterocycles. The molecular weight excluding hydrogens is 276 g/mol. The molecule has 0 fully saturated rings. The molecule has 0 spiro atoms. The molecule has 0 saturated carbocycles. The lowest BCUT2D eigenvalue weighted by atomic mass is 10.1. The SMILES string of the molecule is CCOC(=O)c1ccc(-c2nn(CC)c3ccccc23)cc1. The van der Waals surface area contributed by atoms with Gasteiger partial charge in [0.1, 0.15) is 5.69 Å². The molecule has 0 unspecified atom stereocenters. The van der Waals surface area contributed by atoms with Crippen molar-refractivity contribution in [2.45, 2.75) is 20.4 Å². The smallest absolute Gasteiger partial charge is 0.338 e. The van der Waals surface area contributed by atoms with E-state index in [0.29, 0.717) is 12.2 Å². The molecule has 0 amide bonds. The number of hydrogen-bond donors (Lipinski definition) is 0. The molecule has 0 aliphatic rings. The van der Waals surface area contributed by atoms with E-state index >= 15 is 0 Å². The largest absolute Gasteiger partial charge is 0.462 e. The molecule has 3 rings (SSSR count). The summed E-state index contributed by atoms with van der Waals surface area (Å²) < 4.78 is 7.00. The van der Waals surface area contributed by atoms with Gasteiger partial charge in [0.25, 0.3) is 0 Å². The molecule has 22 heavy (non-hydrogen) atoms. The Balaban J connectivity index is 2.03. The zero-order valence-corrected chi connectivity index (χ0v) is 12.7. The number of para-hydroxylation sites is 1. The van der Waals surface area contributed by atoms with E-state index in [-0.39, 0.29) is 5.97 Å². The summed E-state index contributed by atoms with van der Waals surface area (Å²) >= 11 is 0. The van der Waals surface area contributed by atoms with E-state index in [1.165, 1.54) is 0 Å². The number of benzene rings is 2. The summed E-state index contributed by atoms with van der Waals surface area (Å²) in [6, 6.07) is 15.6. The zero-order valence-electron chi connectivity index (χ0n) is 12.7. The number of fused-ring (bicyclic) bond motifs is 1. The van der Waals surface area contributed by atoms with E-state index in [1.807, 2.05) is 28.9 Å². The fraction of sp³-hybridized carbons (Fsp3) is 0.222. The van der Waals surface area contributed by atoms with Crippen molar-refractivity contribution in [3.05, 3.63) is 54.1 Å². The van der Waals surface area contributed by atoms with Crippen LogP contribution in [0, 0.1) is 0 Å². The van der Waals surface area contributed by atoms with Crippen molar-refractivity contribution in [1.29, 1.82) is 0 Å². The van der Waals surface area contributed by atoms with Gasteiger partial charge in [-0.25, -0.2) is 4.79 Å². The topological polar surface area (TPSA) is 44.1 Å². The predicted molar refractivity (Wildman–Crippen MR) is 86.8 cm³/mol. The lowest BCUT2D eigenvalue weighted by molar-refractivity contribution is 0.0526. The fourth-order valence-corrected chi connectivity index (χ4v) is 2.56. The van der Waals surface area contributed by atoms with Gasteiger partial charge in [0.15, 0.2) is 0 Å². The van der Waals surface area contributed by atoms with E-state index < -0.39 is 0 Å². The number of carbonyl (C=O) groups excluding carboxylic acids is 1. The maximum atomic E-state index is 11.7. The summed E-state index contributed by atoms with van der Waals surface area (Å²) in [6.07, 6.45) is 0. The molecule has 112 valence electrons. The van der Waals surface area contributed by atoms with Gasteiger partial charge in [-0.2, -0.15) is 5.10 Å². The molecule has 0 atom stereocenters. The summed E-state index contributed by atoms with van der Waals surface area (Å²) in [4.78, 5) is 11.7. The third-order valence-corrected chi connectivity index (χ3v) is 3.63. The Kier molecular flexibility index (Phi) is 3.92. The summed E-state index contributed by atoms with van der Waals surface area (Å²) in [5.74, 6) is -0.294. The molecule has 4 nitrogen and oxygen atoms in total. The van der Waals surface area contributed by atoms with Crippen molar-refractivity contribution >= 4 is 16.9 Å². The maximum Gasteiger partial charge on any atom is 0.338 e. The molecular formula is C18H18N2O2. The molecule has 3 aromatic rings. The van der Waals surface area contributed by atoms with E-state index in [9.17, 15) is 4.79 Å². The maximum absolute atomic E-state index is 11.7. The monoisotopic (exact) mass is 294 g/mol. The summed E-state index contributed by atoms with van der Waals surface area (Å²) in [7, 11) is 0. The minimum Gasteiger partial charge on any atom is -0.462 e. The number of rotatable bonds is 4. The number of aromatic nitrogens is 2. The average molecular weight is 294 g/mol. The van der Waals surface area contributed by atoms with Crippen LogP contribution in [-0.2, 0) is 11.3 Å². The Hall–Kier alpha value is -2.62. The van der Waals surface area contributed by atoms with Crippen LogP contribution in [0.1, 0.15) is 24.2 Å². The normalized spacial score (nSPS) is 10.8. The highest BCUT2D eigenvalue weighted by Gasteiger charge is 2.12. The van der Waals surface area contributed by atoms with Crippen LogP contribution in [0.15, 0.2) is 48.5 Å². The van der Waals surface area contributed by atoms with Gasteiger partial charge in [0, 0.05) is 17.5 Å². The van der Waals surface area contributed by atoms with Crippen LogP contribution in [0.3, 0.4) is 0 Å². The van der Waals surface area contributed by atoms with E-state index in [1.54, 1.807) is 19.1 Å². The van der Waals surface area contributed by atoms with Gasteiger partial charge in [-0.1, -0.05) is 30.3 Å². The molecule has 1 aromatic heterocycles. The van der Waals surface area contributed by atoms with Crippen molar-refractivity contribution in [3.63, 3.8) is 0 Å². The average Bonchev–Trinajstić information content (AvgIpc) is 2.94. The minimum absolute atomic E-state index is 0.294. The van der Waals surface area contributed by atoms with Crippen molar-refractivity contribution < 1.29 is 9.53 Å². The van der Waals surface area contributed by atoms with Crippen LogP contribution in [-0.4, -0.2) is 22.4 Å². The van der Waals surface area contributed by atoms with Gasteiger partial charge in [-0.3, -0.25) is 4.68 Å². The molecule has 0 radical (unpaired) electrons. The number of carbonyl (C=O) groups is 1. The Labute approximate surface area is 129 Å². The van der Waals surface area contributed by atoms with Crippen LogP contribution < -0.4 is 0 Å². The summed E-state index contributed by atoms with van der Waals surface area (Å²) in [5.41, 5.74) is 3.61. The van der Waals surface area contributed by atoms with E-state index in [4.69, 9.17) is 4.74 Å². The number of hydrogen-bond acceptors (Lipinski definition) is 3. The molecule has 0 aliphatic carbocycles. The lowest BCUT2D eigenvalue weighted by Crippen LogP contribution is -2.04. The molecule has 0 saturated heterocycles. The molecule has 4 heteroatoms. The third kappa shape index (κ3) is 2.48. The first-order chi connectivity index (χ1) is 10.7. The highest BCUT2D eigenvalue weighted by molar-refractivity contribution is 5.94. The Bertz CT molecular complexity index is 804. The first kappa shape index (κ1) is 14.3. The van der Waals surface area contributed by atoms with Crippen LogP contribution in [0.25, 0.3) is 22.2 Å². The zero-order chi connectivity index (χ0) is 15.5. The van der Waals surface area contributed by atoms with Crippen LogP contribution in [0.2, 0.25) is 0 Å². The van der Waals surface area contributed by atoms with Crippen molar-refractivity contribution in [2.24, 2.45) is 0 Å². The van der Waals surface area contributed by atoms with Gasteiger partial charge in [0.05, 0.1) is 17.7 Å². The van der Waals surface area contributed by atoms with Crippen molar-refractivity contribution in [1.82, 2.24) is 9.78 Å². The van der Waals surface area contributed by atoms with Gasteiger partial charge < -0.3 is 4.74 Å². The molecule has 0 bridgehead atoms. The van der Waals surface area contributed by atoms with Crippen LogP contribution in [0.5, 0.6) is 0 Å². The first-order valence-electron chi connectivity index (χ1n) is 7.47. The second-order valence-electron chi connectivity index (χ2n) is 4.98. The second kappa shape index (κ2) is 6.02. The first-order valence-corrected chi connectivity index (χ1v) is 7.47. The number of nitrogens with zero attached hydrogens (tertiary/aromatic N) is 2. The van der Waals surface area contributed by atoms with Gasteiger partial charge >= 0.3 is 5.97 Å². The standard InChI is InChI=1S/C18H18N2O2/c1-3-20-16-8-6-5-7-15(16)17(19-20)13-9-11-14(12-10-13)18(21)22-4-2/h5-12H,3-4H2,1-2H3. The van der Waals surface area contributed by atoms with E-state index in [2.05, 4.69) is 24.2 Å². The molecule has 2 aromatic carbocycles. The second-order valence-corrected chi connectivity index (χ2v) is 4.98. The summed E-state index contributed by atoms with van der Waals surface area (Å²) in [5, 5.41) is 5.81. The lowest BCUT2D eigenvalue weighted by Gasteiger charge is -2.03.